The van der Waals surface area contributed by atoms with Gasteiger partial charge in [0.15, 0.2) is 6.23 Å². The molecule has 3 N–H and O–H groups in total. The Bertz CT molecular complexity index is 569. The van der Waals surface area contributed by atoms with Gasteiger partial charge in [-0.05, 0) is 6.42 Å². The van der Waals surface area contributed by atoms with Crippen LogP contribution in [0.5, 0.6) is 0 Å². The zero-order chi connectivity index (χ0) is 14.2. The normalized spacial score (nSPS) is 30.7. The summed E-state index contributed by atoms with van der Waals surface area (Å²) < 4.78 is 6.32. The maximum absolute atomic E-state index is 11.8. The van der Waals surface area contributed by atoms with Crippen molar-refractivity contribution >= 4 is 22.6 Å². The fourth-order valence-electron chi connectivity index (χ4n) is 2.05. The summed E-state index contributed by atoms with van der Waals surface area (Å²) in [5.74, 6) is 0. The highest BCUT2D eigenvalue weighted by Gasteiger charge is 2.43. The first-order valence-corrected chi connectivity index (χ1v) is 7.17. The zero-order valence-corrected chi connectivity index (χ0v) is 12.4. The summed E-state index contributed by atoms with van der Waals surface area (Å²) in [4.78, 5) is 25.5. The molecule has 1 unspecified atom stereocenters. The Labute approximate surface area is 122 Å². The first-order chi connectivity index (χ1) is 8.99. The average Bonchev–Trinajstić information content (AvgIpc) is 2.67. The van der Waals surface area contributed by atoms with E-state index in [1.807, 2.05) is 22.6 Å². The predicted octanol–water partition coefficient (Wildman–Crippen LogP) is -0.847. The second kappa shape index (κ2) is 5.73. The van der Waals surface area contributed by atoms with Gasteiger partial charge in [-0.3, -0.25) is 14.3 Å². The molecule has 1 aliphatic heterocycles. The molecule has 0 aliphatic carbocycles. The van der Waals surface area contributed by atoms with Gasteiger partial charge in [0.25, 0.3) is 5.56 Å². The summed E-state index contributed by atoms with van der Waals surface area (Å²) in [6.45, 7) is 1.56. The molecular weight excluding hydrogens is 367 g/mol. The van der Waals surface area contributed by atoms with E-state index in [-0.39, 0.29) is 10.5 Å². The van der Waals surface area contributed by atoms with E-state index in [1.54, 1.807) is 6.92 Å². The third-order valence-electron chi connectivity index (χ3n) is 3.16. The molecule has 2 rings (SSSR count). The van der Waals surface area contributed by atoms with Gasteiger partial charge >= 0.3 is 5.69 Å². The first kappa shape index (κ1) is 14.7. The van der Waals surface area contributed by atoms with Crippen LogP contribution in [0, 0.1) is 0 Å². The number of alkyl halides is 1. The number of rotatable bonds is 3. The van der Waals surface area contributed by atoms with E-state index >= 15 is 0 Å². The Hall–Kier alpha value is -0.710. The third kappa shape index (κ3) is 2.62. The molecule has 106 valence electrons. The lowest BCUT2D eigenvalue weighted by Crippen LogP contribution is -2.37. The van der Waals surface area contributed by atoms with E-state index < -0.39 is 29.7 Å². The number of halogens is 1. The number of aromatic nitrogens is 2. The number of hydrogen-bond acceptors (Lipinski definition) is 5. The average molecular weight is 382 g/mol. The number of aliphatic hydroxyl groups excluding tert-OH is 2. The highest BCUT2D eigenvalue weighted by Crippen LogP contribution is 2.33. The fourth-order valence-corrected chi connectivity index (χ4v) is 2.81. The van der Waals surface area contributed by atoms with Crippen molar-refractivity contribution in [2.75, 3.05) is 6.61 Å². The van der Waals surface area contributed by atoms with Crippen LogP contribution >= 0.6 is 22.6 Å². The highest BCUT2D eigenvalue weighted by molar-refractivity contribution is 14.1. The summed E-state index contributed by atoms with van der Waals surface area (Å²) in [6, 6.07) is 0. The van der Waals surface area contributed by atoms with Crippen LogP contribution < -0.4 is 11.2 Å². The number of hydrogen-bond donors (Lipinski definition) is 3. The first-order valence-electron chi connectivity index (χ1n) is 5.92. The molecule has 1 saturated heterocycles. The number of H-pyrrole nitrogens is 1. The fraction of sp³-hybridized carbons (Fsp3) is 0.636. The molecule has 0 amide bonds. The molecule has 1 aromatic heterocycles. The van der Waals surface area contributed by atoms with E-state index in [0.29, 0.717) is 12.0 Å². The van der Waals surface area contributed by atoms with Crippen molar-refractivity contribution < 1.29 is 14.9 Å². The maximum Gasteiger partial charge on any atom is 0.330 e. The van der Waals surface area contributed by atoms with Crippen molar-refractivity contribution in [3.8, 4) is 0 Å². The van der Waals surface area contributed by atoms with E-state index in [9.17, 15) is 14.7 Å². The predicted molar refractivity (Wildman–Crippen MR) is 75.5 cm³/mol. The van der Waals surface area contributed by atoms with Crippen molar-refractivity contribution in [1.82, 2.24) is 9.55 Å². The summed E-state index contributed by atoms with van der Waals surface area (Å²) in [6.07, 6.45) is -0.488. The number of aliphatic hydroxyl groups is 2. The second-order valence-corrected chi connectivity index (χ2v) is 5.80. The number of nitrogens with zero attached hydrogens (tertiary/aromatic N) is 1. The van der Waals surface area contributed by atoms with Gasteiger partial charge < -0.3 is 14.9 Å². The minimum Gasteiger partial charge on any atom is -0.394 e. The van der Waals surface area contributed by atoms with Crippen LogP contribution in [0.4, 0.5) is 0 Å². The SMILES string of the molecule is CCc1cn([C@@H]2O[C@H](CO)C(I)[C@H]2O)c(=O)[nH]c1=O. The van der Waals surface area contributed by atoms with Gasteiger partial charge in [-0.2, -0.15) is 0 Å². The Kier molecular flexibility index (Phi) is 4.43. The van der Waals surface area contributed by atoms with Crippen LogP contribution in [0.2, 0.25) is 0 Å². The summed E-state index contributed by atoms with van der Waals surface area (Å²) in [5, 5.41) is 19.2. The van der Waals surface area contributed by atoms with Gasteiger partial charge in [0, 0.05) is 11.8 Å². The monoisotopic (exact) mass is 382 g/mol. The van der Waals surface area contributed by atoms with Gasteiger partial charge in [0.2, 0.25) is 0 Å². The number of ether oxygens (including phenoxy) is 1. The van der Waals surface area contributed by atoms with Crippen molar-refractivity contribution in [1.29, 1.82) is 0 Å². The van der Waals surface area contributed by atoms with E-state index in [2.05, 4.69) is 4.98 Å². The second-order valence-electron chi connectivity index (χ2n) is 4.36. The zero-order valence-electron chi connectivity index (χ0n) is 10.2. The van der Waals surface area contributed by atoms with Crippen molar-refractivity contribution in [2.24, 2.45) is 0 Å². The Morgan fingerprint density at radius 1 is 1.53 bits per heavy atom. The molecule has 0 bridgehead atoms. The molecule has 19 heavy (non-hydrogen) atoms. The van der Waals surface area contributed by atoms with E-state index in [0.717, 1.165) is 0 Å². The summed E-state index contributed by atoms with van der Waals surface area (Å²) in [5.41, 5.74) is -0.623. The van der Waals surface area contributed by atoms with Crippen LogP contribution in [-0.4, -0.2) is 42.5 Å². The smallest absolute Gasteiger partial charge is 0.330 e. The molecule has 0 spiro atoms. The van der Waals surface area contributed by atoms with Gasteiger partial charge in [-0.25, -0.2) is 4.79 Å². The highest BCUT2D eigenvalue weighted by atomic mass is 127. The van der Waals surface area contributed by atoms with Crippen LogP contribution in [0.25, 0.3) is 0 Å². The van der Waals surface area contributed by atoms with Crippen LogP contribution in [0.1, 0.15) is 18.7 Å². The standard InChI is InChI=1S/C11H15IN2O5/c1-2-5-3-14(11(18)13-9(5)17)10-8(16)7(12)6(4-15)19-10/h3,6-8,10,15-16H,2,4H2,1H3,(H,13,17,18)/t6-,7?,8-,10-/m1/s1. The topological polar surface area (TPSA) is 105 Å². The van der Waals surface area contributed by atoms with Crippen molar-refractivity contribution in [3.63, 3.8) is 0 Å². The van der Waals surface area contributed by atoms with Crippen molar-refractivity contribution in [3.05, 3.63) is 32.6 Å². The Morgan fingerprint density at radius 3 is 2.74 bits per heavy atom. The van der Waals surface area contributed by atoms with Gasteiger partial charge in [-0.1, -0.05) is 29.5 Å². The summed E-state index contributed by atoms with van der Waals surface area (Å²) in [7, 11) is 0. The molecule has 0 saturated carbocycles. The maximum atomic E-state index is 11.8. The van der Waals surface area contributed by atoms with Gasteiger partial charge in [-0.15, -0.1) is 0 Å². The molecule has 1 aliphatic rings. The van der Waals surface area contributed by atoms with Crippen LogP contribution in [0.3, 0.4) is 0 Å². The van der Waals surface area contributed by atoms with Crippen molar-refractivity contribution in [2.45, 2.75) is 35.7 Å². The minimum atomic E-state index is -0.925. The number of aromatic amines is 1. The quantitative estimate of drug-likeness (QED) is 0.467. The van der Waals surface area contributed by atoms with Crippen LogP contribution in [-0.2, 0) is 11.2 Å². The van der Waals surface area contributed by atoms with Gasteiger partial charge in [0.1, 0.15) is 6.10 Å². The number of nitrogens with one attached hydrogen (secondary N) is 1. The molecule has 0 radical (unpaired) electrons. The lowest BCUT2D eigenvalue weighted by molar-refractivity contribution is -0.0531. The number of aryl methyl sites for hydroxylation is 1. The minimum absolute atomic E-state index is 0.236. The van der Waals surface area contributed by atoms with E-state index in [4.69, 9.17) is 9.84 Å². The molecule has 1 aromatic rings. The molecule has 7 nitrogen and oxygen atoms in total. The molecule has 1 fully saturated rings. The molecular formula is C11H15IN2O5. The summed E-state index contributed by atoms with van der Waals surface area (Å²) >= 11 is 1.98. The Balaban J connectivity index is 2.43. The van der Waals surface area contributed by atoms with Crippen LogP contribution in [0.15, 0.2) is 15.8 Å². The third-order valence-corrected chi connectivity index (χ3v) is 4.70. The molecule has 0 aromatic carbocycles. The molecule has 2 heterocycles. The largest absolute Gasteiger partial charge is 0.394 e. The lowest BCUT2D eigenvalue weighted by Gasteiger charge is -2.17. The lowest BCUT2D eigenvalue weighted by atomic mass is 10.2. The van der Waals surface area contributed by atoms with Gasteiger partial charge in [0.05, 0.1) is 16.6 Å². The Morgan fingerprint density at radius 2 is 2.21 bits per heavy atom. The molecule has 4 atom stereocenters. The van der Waals surface area contributed by atoms with E-state index in [1.165, 1.54) is 10.8 Å². The molecule has 8 heteroatoms.